The standard InChI is InChI=1S/C40H68N2O4/c1-9-13-15-17-19-21-25-45-39-35(27-33(11-3)29-37(39)43-7)31-41(5)23-24-42(6)32-36-28-34(12-4)30-38(44-8)40(36)46-26-22-20-18-16-14-10-2/h27-30H,9-26,31-32H2,1-8H3. The Morgan fingerprint density at radius 1 is 0.500 bits per heavy atom. The van der Waals surface area contributed by atoms with Gasteiger partial charge in [-0.2, -0.15) is 0 Å². The van der Waals surface area contributed by atoms with E-state index in [1.807, 2.05) is 0 Å². The third-order valence-electron chi connectivity index (χ3n) is 8.87. The predicted molar refractivity (Wildman–Crippen MR) is 195 cm³/mol. The van der Waals surface area contributed by atoms with Crippen LogP contribution in [-0.2, 0) is 25.9 Å². The first kappa shape index (κ1) is 39.7. The van der Waals surface area contributed by atoms with Gasteiger partial charge in [-0.05, 0) is 63.0 Å². The Morgan fingerprint density at radius 3 is 1.22 bits per heavy atom. The van der Waals surface area contributed by atoms with Crippen molar-refractivity contribution in [2.45, 2.75) is 131 Å². The second kappa shape index (κ2) is 23.8. The van der Waals surface area contributed by atoms with Gasteiger partial charge < -0.3 is 28.7 Å². The van der Waals surface area contributed by atoms with Crippen LogP contribution in [0.25, 0.3) is 0 Å². The van der Waals surface area contributed by atoms with Crippen LogP contribution < -0.4 is 18.9 Å². The van der Waals surface area contributed by atoms with Crippen LogP contribution >= 0.6 is 0 Å². The molecule has 0 bridgehead atoms. The molecule has 0 amide bonds. The van der Waals surface area contributed by atoms with Gasteiger partial charge in [-0.15, -0.1) is 0 Å². The van der Waals surface area contributed by atoms with Crippen molar-refractivity contribution in [3.63, 3.8) is 0 Å². The number of methoxy groups -OCH3 is 2. The highest BCUT2D eigenvalue weighted by molar-refractivity contribution is 5.50. The van der Waals surface area contributed by atoms with E-state index in [1.54, 1.807) is 14.2 Å². The van der Waals surface area contributed by atoms with Gasteiger partial charge in [0.25, 0.3) is 0 Å². The summed E-state index contributed by atoms with van der Waals surface area (Å²) in [5, 5.41) is 0. The molecule has 2 aromatic rings. The van der Waals surface area contributed by atoms with Gasteiger partial charge in [-0.25, -0.2) is 0 Å². The molecular formula is C40H68N2O4. The molecule has 0 aliphatic heterocycles. The molecule has 262 valence electrons. The molecule has 0 radical (unpaired) electrons. The van der Waals surface area contributed by atoms with Crippen molar-refractivity contribution >= 4 is 0 Å². The maximum absolute atomic E-state index is 6.40. The minimum Gasteiger partial charge on any atom is -0.493 e. The highest BCUT2D eigenvalue weighted by Gasteiger charge is 2.17. The van der Waals surface area contributed by atoms with Crippen molar-refractivity contribution < 1.29 is 18.9 Å². The average molecular weight is 641 g/mol. The number of hydrogen-bond acceptors (Lipinski definition) is 6. The summed E-state index contributed by atoms with van der Waals surface area (Å²) < 4.78 is 24.4. The fourth-order valence-corrected chi connectivity index (χ4v) is 5.91. The van der Waals surface area contributed by atoms with Gasteiger partial charge in [0.2, 0.25) is 0 Å². The molecule has 0 saturated carbocycles. The van der Waals surface area contributed by atoms with Crippen molar-refractivity contribution in [3.8, 4) is 23.0 Å². The van der Waals surface area contributed by atoms with Crippen LogP contribution in [0.5, 0.6) is 23.0 Å². The van der Waals surface area contributed by atoms with Gasteiger partial charge in [-0.1, -0.05) is 104 Å². The number of benzene rings is 2. The molecule has 0 atom stereocenters. The van der Waals surface area contributed by atoms with Crippen LogP contribution in [0.3, 0.4) is 0 Å². The first-order valence-electron chi connectivity index (χ1n) is 18.4. The number of unbranched alkanes of at least 4 members (excludes halogenated alkanes) is 10. The molecule has 0 aliphatic carbocycles. The van der Waals surface area contributed by atoms with Crippen LogP contribution in [0.15, 0.2) is 24.3 Å². The Bertz CT molecular complexity index is 1000. The minimum atomic E-state index is 0.733. The van der Waals surface area contributed by atoms with E-state index in [4.69, 9.17) is 18.9 Å². The fourth-order valence-electron chi connectivity index (χ4n) is 5.91. The number of aryl methyl sites for hydroxylation is 2. The highest BCUT2D eigenvalue weighted by Crippen LogP contribution is 2.35. The second-order valence-electron chi connectivity index (χ2n) is 13.0. The zero-order chi connectivity index (χ0) is 33.6. The Balaban J connectivity index is 2.03. The predicted octanol–water partition coefficient (Wildman–Crippen LogP) is 9.87. The van der Waals surface area contributed by atoms with Crippen molar-refractivity contribution in [3.05, 3.63) is 46.5 Å². The minimum absolute atomic E-state index is 0.733. The molecule has 0 heterocycles. The molecule has 46 heavy (non-hydrogen) atoms. The normalized spacial score (nSPS) is 11.4. The van der Waals surface area contributed by atoms with Gasteiger partial charge in [0.15, 0.2) is 23.0 Å². The SMILES string of the molecule is CCCCCCCCOc1c(CN(C)CCN(C)Cc2cc(CC)cc(OC)c2OCCCCCCCC)cc(CC)cc1OC. The van der Waals surface area contributed by atoms with E-state index in [1.165, 1.54) is 86.5 Å². The molecule has 6 heteroatoms. The monoisotopic (exact) mass is 641 g/mol. The van der Waals surface area contributed by atoms with Crippen LogP contribution in [0.2, 0.25) is 0 Å². The topological polar surface area (TPSA) is 43.4 Å². The van der Waals surface area contributed by atoms with Crippen LogP contribution in [0, 0.1) is 0 Å². The van der Waals surface area contributed by atoms with Gasteiger partial charge in [0.1, 0.15) is 0 Å². The lowest BCUT2D eigenvalue weighted by Gasteiger charge is -2.25. The maximum Gasteiger partial charge on any atom is 0.165 e. The molecule has 2 aromatic carbocycles. The molecule has 0 aliphatic rings. The summed E-state index contributed by atoms with van der Waals surface area (Å²) >= 11 is 0. The first-order chi connectivity index (χ1) is 22.4. The molecule has 0 unspecified atom stereocenters. The molecule has 0 fully saturated rings. The van der Waals surface area contributed by atoms with E-state index in [9.17, 15) is 0 Å². The molecule has 0 aromatic heterocycles. The first-order valence-corrected chi connectivity index (χ1v) is 18.4. The van der Waals surface area contributed by atoms with E-state index in [2.05, 4.69) is 75.9 Å². The van der Waals surface area contributed by atoms with Crippen LogP contribution in [0.1, 0.15) is 127 Å². The van der Waals surface area contributed by atoms with Crippen molar-refractivity contribution in [2.75, 3.05) is 54.6 Å². The third kappa shape index (κ3) is 14.5. The lowest BCUT2D eigenvalue weighted by molar-refractivity contribution is 0.234. The Morgan fingerprint density at radius 2 is 0.870 bits per heavy atom. The largest absolute Gasteiger partial charge is 0.493 e. The Labute approximate surface area is 283 Å². The Hall–Kier alpha value is -2.44. The molecule has 0 N–H and O–H groups in total. The van der Waals surface area contributed by atoms with Crippen molar-refractivity contribution in [1.29, 1.82) is 0 Å². The summed E-state index contributed by atoms with van der Waals surface area (Å²) in [5.74, 6) is 3.52. The van der Waals surface area contributed by atoms with Crippen LogP contribution in [0.4, 0.5) is 0 Å². The fraction of sp³-hybridized carbons (Fsp3) is 0.700. The van der Waals surface area contributed by atoms with E-state index >= 15 is 0 Å². The number of likely N-dealkylation sites (N-methyl/N-ethyl adjacent to an activating group) is 2. The van der Waals surface area contributed by atoms with Crippen LogP contribution in [-0.4, -0.2) is 64.4 Å². The zero-order valence-corrected chi connectivity index (χ0v) is 31.0. The van der Waals surface area contributed by atoms with Gasteiger partial charge in [0, 0.05) is 37.3 Å². The van der Waals surface area contributed by atoms with Gasteiger partial charge in [0.05, 0.1) is 27.4 Å². The summed E-state index contributed by atoms with van der Waals surface area (Å²) in [6.07, 6.45) is 17.0. The lowest BCUT2D eigenvalue weighted by atomic mass is 10.1. The zero-order valence-electron chi connectivity index (χ0n) is 31.0. The quantitative estimate of drug-likeness (QED) is 0.0906. The smallest absolute Gasteiger partial charge is 0.165 e. The van der Waals surface area contributed by atoms with Gasteiger partial charge in [-0.3, -0.25) is 0 Å². The summed E-state index contributed by atoms with van der Waals surface area (Å²) in [6.45, 7) is 13.9. The van der Waals surface area contributed by atoms with Crippen molar-refractivity contribution in [2.24, 2.45) is 0 Å². The van der Waals surface area contributed by atoms with E-state index < -0.39 is 0 Å². The summed E-state index contributed by atoms with van der Waals surface area (Å²) in [6, 6.07) is 8.88. The number of nitrogens with zero attached hydrogens (tertiary/aromatic N) is 2. The molecule has 2 rings (SSSR count). The maximum atomic E-state index is 6.40. The van der Waals surface area contributed by atoms with E-state index in [0.717, 1.165) is 88.1 Å². The number of rotatable bonds is 27. The third-order valence-corrected chi connectivity index (χ3v) is 8.87. The van der Waals surface area contributed by atoms with E-state index in [0.29, 0.717) is 0 Å². The summed E-state index contributed by atoms with van der Waals surface area (Å²) in [5.41, 5.74) is 4.97. The lowest BCUT2D eigenvalue weighted by Crippen LogP contribution is -2.30. The summed E-state index contributed by atoms with van der Waals surface area (Å²) in [4.78, 5) is 4.78. The highest BCUT2D eigenvalue weighted by atomic mass is 16.5. The number of ether oxygens (including phenoxy) is 4. The van der Waals surface area contributed by atoms with Crippen molar-refractivity contribution in [1.82, 2.24) is 9.80 Å². The number of hydrogen-bond donors (Lipinski definition) is 0. The molecular weight excluding hydrogens is 572 g/mol. The summed E-state index contributed by atoms with van der Waals surface area (Å²) in [7, 11) is 7.91. The molecule has 0 spiro atoms. The average Bonchev–Trinajstić information content (AvgIpc) is 3.06. The second-order valence-corrected chi connectivity index (χ2v) is 13.0. The molecule has 6 nitrogen and oxygen atoms in total. The molecule has 0 saturated heterocycles. The van der Waals surface area contributed by atoms with Gasteiger partial charge >= 0.3 is 0 Å². The van der Waals surface area contributed by atoms with E-state index in [-0.39, 0.29) is 0 Å². The Kier molecular flexibility index (Phi) is 20.6.